The van der Waals surface area contributed by atoms with Crippen LogP contribution in [0, 0.1) is 19.3 Å². The van der Waals surface area contributed by atoms with Gasteiger partial charge in [-0.25, -0.2) is 4.79 Å². The van der Waals surface area contributed by atoms with Gasteiger partial charge in [-0.2, -0.15) is 4.99 Å². The van der Waals surface area contributed by atoms with E-state index in [-0.39, 0.29) is 26.8 Å². The van der Waals surface area contributed by atoms with Crippen molar-refractivity contribution in [3.05, 3.63) is 83.3 Å². The average Bonchev–Trinajstić information content (AvgIpc) is 3.98. The lowest BCUT2D eigenvalue weighted by atomic mass is 10.2. The van der Waals surface area contributed by atoms with Gasteiger partial charge < -0.3 is 48.7 Å². The number of hydrogen-bond acceptors (Lipinski definition) is 18. The number of thiazole rings is 2. The van der Waals surface area contributed by atoms with E-state index in [0.29, 0.717) is 58.5 Å². The molecule has 24 nitrogen and oxygen atoms in total. The van der Waals surface area contributed by atoms with Gasteiger partial charge in [0.1, 0.15) is 45.1 Å². The molecular formula is C33H24N6O18S3. The van der Waals surface area contributed by atoms with E-state index in [1.54, 1.807) is 12.1 Å². The van der Waals surface area contributed by atoms with Gasteiger partial charge in [-0.05, 0) is 0 Å². The molecule has 312 valence electrons. The van der Waals surface area contributed by atoms with Gasteiger partial charge in [-0.1, -0.05) is 11.8 Å². The molecule has 5 N–H and O–H groups in total. The standard InChI is InChI=1S/C33H24N6O18S3/c1-53-14(30-36(6-17(40)41)11-3-12-13(56-10-55-12)4-15(11)58-30)5-16-26(49)38(8-19(44)45)32(59-16)23-28(51)39(9-20(46)47)31(60-23)22-27(50)37(7-18(42)43)29(57-22)21-24(48)34-33(52)35-25(21)54-2/h3-5H,6-10H2,1-2H3,(H,40,41)(H,42,43)(H,44,45)(H,46,47)(H,34,48,52)/b16-5?,29-21+,30-14?,31-22-,32-23-. The molecule has 7 rings (SSSR count). The molecule has 27 heteroatoms. The van der Waals surface area contributed by atoms with Crippen molar-refractivity contribution in [2.24, 2.45) is 4.99 Å². The maximum absolute atomic E-state index is 14.1. The molecular weight excluding hydrogens is 865 g/mol. The van der Waals surface area contributed by atoms with Crippen LogP contribution in [-0.2, 0) is 53.1 Å². The van der Waals surface area contributed by atoms with Gasteiger partial charge in [0, 0.05) is 23.1 Å². The summed E-state index contributed by atoms with van der Waals surface area (Å²) in [6.07, 6.45) is 1.19. The average molecular weight is 889 g/mol. The van der Waals surface area contributed by atoms with Gasteiger partial charge in [0.25, 0.3) is 22.6 Å². The molecule has 0 bridgehead atoms. The molecule has 3 aliphatic rings. The van der Waals surface area contributed by atoms with Crippen LogP contribution in [0.15, 0.2) is 51.6 Å². The normalized spacial score (nSPS) is 17.6. The van der Waals surface area contributed by atoms with Crippen LogP contribution in [0.1, 0.15) is 0 Å². The van der Waals surface area contributed by atoms with Crippen molar-refractivity contribution in [3.63, 3.8) is 0 Å². The Morgan fingerprint density at radius 2 is 1.43 bits per heavy atom. The highest BCUT2D eigenvalue weighted by Crippen LogP contribution is 2.52. The zero-order valence-electron chi connectivity index (χ0n) is 30.2. The summed E-state index contributed by atoms with van der Waals surface area (Å²) in [6, 6.07) is 2.03. The number of anilines is 1. The van der Waals surface area contributed by atoms with Gasteiger partial charge in [0.2, 0.25) is 23.7 Å². The molecule has 6 heterocycles. The highest BCUT2D eigenvalue weighted by atomic mass is 32.2. The fraction of sp³-hybridized carbons (Fsp3) is 0.212. The Morgan fingerprint density at radius 3 is 2.05 bits per heavy atom. The van der Waals surface area contributed by atoms with Crippen molar-refractivity contribution in [2.75, 3.05) is 32.5 Å². The summed E-state index contributed by atoms with van der Waals surface area (Å²) in [5.41, 5.74) is -5.39. The van der Waals surface area contributed by atoms with Gasteiger partial charge >= 0.3 is 29.9 Å². The fourth-order valence-corrected chi connectivity index (χ4v) is 9.51. The molecule has 0 aliphatic carbocycles. The molecule has 1 aromatic carbocycles. The van der Waals surface area contributed by atoms with Crippen LogP contribution < -0.4 is 46.4 Å². The Morgan fingerprint density at radius 1 is 0.817 bits per heavy atom. The van der Waals surface area contributed by atoms with E-state index in [1.807, 2.05) is 5.32 Å². The number of aliphatic carboxylic acids is 4. The first-order valence-corrected chi connectivity index (χ1v) is 18.9. The predicted molar refractivity (Wildman–Crippen MR) is 201 cm³/mol. The summed E-state index contributed by atoms with van der Waals surface area (Å²) in [7, 11) is 2.24. The molecule has 0 unspecified atom stereocenters. The van der Waals surface area contributed by atoms with Crippen molar-refractivity contribution in [1.29, 1.82) is 0 Å². The molecule has 4 aromatic rings. The predicted octanol–water partition coefficient (Wildman–Crippen LogP) is -1.82. The summed E-state index contributed by atoms with van der Waals surface area (Å²) in [5.74, 6) is -7.20. The van der Waals surface area contributed by atoms with E-state index in [1.165, 1.54) is 18.1 Å². The molecule has 60 heavy (non-hydrogen) atoms. The van der Waals surface area contributed by atoms with Gasteiger partial charge in [-0.15, -0.1) is 22.7 Å². The number of oxazole rings is 1. The third kappa shape index (κ3) is 7.30. The minimum absolute atomic E-state index is 0.0463. The number of rotatable bonds is 10. The number of amides is 3. The number of carboxylic acids is 4. The molecule has 3 aromatic heterocycles. The number of carboxylic acid groups (broad SMARTS) is 4. The van der Waals surface area contributed by atoms with Gasteiger partial charge in [0.05, 0.1) is 24.4 Å². The van der Waals surface area contributed by atoms with Gasteiger partial charge in [0.15, 0.2) is 22.8 Å². The van der Waals surface area contributed by atoms with Crippen LogP contribution in [0.25, 0.3) is 11.6 Å². The van der Waals surface area contributed by atoms with E-state index in [9.17, 15) is 63.6 Å². The topological polar surface area (TPSA) is 327 Å². The summed E-state index contributed by atoms with van der Waals surface area (Å²) in [4.78, 5) is 120. The van der Waals surface area contributed by atoms with Crippen LogP contribution in [0.5, 0.6) is 11.5 Å². The van der Waals surface area contributed by atoms with E-state index in [2.05, 4.69) is 4.99 Å². The molecule has 0 spiro atoms. The highest BCUT2D eigenvalue weighted by Gasteiger charge is 2.34. The first kappa shape index (κ1) is 40.8. The number of hydrogen-bond donors (Lipinski definition) is 5. The molecule has 3 aliphatic heterocycles. The Labute approximate surface area is 340 Å². The lowest BCUT2D eigenvalue weighted by molar-refractivity contribution is -0.138. The molecule has 0 radical (unpaired) electrons. The second kappa shape index (κ2) is 15.8. The number of allylic oxidation sites excluding steroid dienone is 1. The van der Waals surface area contributed by atoms with Crippen molar-refractivity contribution in [3.8, 4) is 11.5 Å². The lowest BCUT2D eigenvalue weighted by Gasteiger charge is -2.19. The minimum atomic E-state index is -1.62. The zero-order chi connectivity index (χ0) is 43.3. The molecule has 3 amide bonds. The Kier molecular flexibility index (Phi) is 10.7. The quantitative estimate of drug-likeness (QED) is 0.110. The van der Waals surface area contributed by atoms with Crippen molar-refractivity contribution in [1.82, 2.24) is 19.0 Å². The highest BCUT2D eigenvalue weighted by molar-refractivity contribution is 8.03. The number of aromatic nitrogens is 3. The fourth-order valence-electron chi connectivity index (χ4n) is 6.02. The molecule has 0 saturated carbocycles. The van der Waals surface area contributed by atoms with Crippen LogP contribution in [0.3, 0.4) is 0 Å². The molecule has 0 fully saturated rings. The summed E-state index contributed by atoms with van der Waals surface area (Å²) < 4.78 is 27.3. The Bertz CT molecular complexity index is 3200. The summed E-state index contributed by atoms with van der Waals surface area (Å²) >= 11 is 2.01. The number of urea groups is 1. The number of imide groups is 1. The van der Waals surface area contributed by atoms with Crippen LogP contribution in [0.2, 0.25) is 0 Å². The zero-order valence-corrected chi connectivity index (χ0v) is 32.7. The van der Waals surface area contributed by atoms with Crippen molar-refractivity contribution < 1.29 is 72.6 Å². The number of fused-ring (bicyclic) bond motifs is 2. The number of nitrogens with one attached hydrogen (secondary N) is 1. The monoisotopic (exact) mass is 888 g/mol. The van der Waals surface area contributed by atoms with E-state index in [4.69, 9.17) is 23.4 Å². The van der Waals surface area contributed by atoms with Crippen LogP contribution in [0.4, 0.5) is 10.5 Å². The van der Waals surface area contributed by atoms with Crippen molar-refractivity contribution in [2.45, 2.75) is 24.5 Å². The van der Waals surface area contributed by atoms with Gasteiger partial charge in [-0.3, -0.25) is 57.4 Å². The third-order valence-electron chi connectivity index (χ3n) is 8.40. The first-order valence-electron chi connectivity index (χ1n) is 16.5. The van der Waals surface area contributed by atoms with Crippen LogP contribution >= 0.6 is 34.4 Å². The smallest absolute Gasteiger partial charge is 0.351 e. The lowest BCUT2D eigenvalue weighted by Crippen LogP contribution is -2.43. The largest absolute Gasteiger partial charge is 0.494 e. The number of carbonyl (C=O) groups is 6. The number of benzene rings is 1. The summed E-state index contributed by atoms with van der Waals surface area (Å²) in [6.45, 7) is -3.94. The third-order valence-corrected chi connectivity index (χ3v) is 12.0. The van der Waals surface area contributed by atoms with Crippen molar-refractivity contribution >= 4 is 93.5 Å². The Hall–Kier alpha value is -7.39. The Balaban J connectivity index is 1.57. The van der Waals surface area contributed by atoms with E-state index < -0.39 is 110 Å². The number of methoxy groups -OCH3 is 2. The summed E-state index contributed by atoms with van der Waals surface area (Å²) in [5, 5.41) is 41.0. The maximum atomic E-state index is 14.1. The van der Waals surface area contributed by atoms with E-state index >= 15 is 0 Å². The number of aliphatic imine (C=N–C) groups is 1. The number of ether oxygens (including phenoxy) is 4. The first-order chi connectivity index (χ1) is 28.5. The minimum Gasteiger partial charge on any atom is -0.494 e. The SMILES string of the molecule is COC1=NC(=O)NC(=O)/C1=c1\o/c(=c2\s/c(=c3\sc(=CC(OC)=C4Sc5cc6c(cc5N4CC(=O)O)OCO6)c(=O)n3CC(=O)O)c(=O)n2CC(=O)O)c(=O)n1CC(=O)O. The molecule has 0 saturated heterocycles. The molecule has 0 atom stereocenters. The maximum Gasteiger partial charge on any atom is 0.351 e. The second-order valence-corrected chi connectivity index (χ2v) is 15.2. The van der Waals surface area contributed by atoms with E-state index in [0.717, 1.165) is 18.9 Å². The number of thioether (sulfide) groups is 1. The number of nitrogens with zero attached hydrogens (tertiary/aromatic N) is 5. The second-order valence-electron chi connectivity index (χ2n) is 12.1. The van der Waals surface area contributed by atoms with Crippen LogP contribution in [-0.4, -0.2) is 103 Å². The number of carbonyl (C=O) groups excluding carboxylic acids is 2.